The first kappa shape index (κ1) is 17.1. The number of carbonyl (C=O) groups excluding carboxylic acids is 1. The van der Waals surface area contributed by atoms with E-state index >= 15 is 0 Å². The molecule has 0 unspecified atom stereocenters. The largest absolute Gasteiger partial charge is 0.351 e. The third kappa shape index (κ3) is 7.56. The molecule has 0 spiro atoms. The van der Waals surface area contributed by atoms with E-state index in [1.54, 1.807) is 11.8 Å². The zero-order valence-corrected chi connectivity index (χ0v) is 13.9. The van der Waals surface area contributed by atoms with Crippen molar-refractivity contribution in [2.45, 2.75) is 57.6 Å². The van der Waals surface area contributed by atoms with Crippen LogP contribution in [0, 0.1) is 0 Å². The van der Waals surface area contributed by atoms with Crippen LogP contribution < -0.4 is 10.6 Å². The molecule has 0 aliphatic carbocycles. The van der Waals surface area contributed by atoms with Crippen molar-refractivity contribution >= 4 is 17.7 Å². The average Bonchev–Trinajstić information content (AvgIpc) is 2.33. The van der Waals surface area contributed by atoms with Crippen molar-refractivity contribution in [2.75, 3.05) is 5.75 Å². The second-order valence-electron chi connectivity index (χ2n) is 6.27. The van der Waals surface area contributed by atoms with Crippen LogP contribution in [0.5, 0.6) is 0 Å². The van der Waals surface area contributed by atoms with Crippen LogP contribution in [0.25, 0.3) is 0 Å². The summed E-state index contributed by atoms with van der Waals surface area (Å²) in [6.45, 7) is 11.1. The van der Waals surface area contributed by atoms with Gasteiger partial charge in [0, 0.05) is 23.0 Å². The van der Waals surface area contributed by atoms with Crippen LogP contribution in [0.1, 0.15) is 40.2 Å². The van der Waals surface area contributed by atoms with Crippen LogP contribution >= 0.6 is 11.8 Å². The highest BCUT2D eigenvalue weighted by Crippen LogP contribution is 2.18. The average molecular weight is 294 g/mol. The van der Waals surface area contributed by atoms with Crippen molar-refractivity contribution in [3.63, 3.8) is 0 Å². The van der Waals surface area contributed by atoms with E-state index in [4.69, 9.17) is 0 Å². The maximum atomic E-state index is 11.7. The number of rotatable bonds is 6. The molecule has 20 heavy (non-hydrogen) atoms. The lowest BCUT2D eigenvalue weighted by atomic mass is 10.1. The smallest absolute Gasteiger partial charge is 0.230 e. The summed E-state index contributed by atoms with van der Waals surface area (Å²) in [5.41, 5.74) is 1.10. The molecule has 0 aliphatic heterocycles. The lowest BCUT2D eigenvalue weighted by molar-refractivity contribution is -0.119. The fraction of sp³-hybridized carbons (Fsp3) is 0.562. The molecule has 0 aliphatic rings. The van der Waals surface area contributed by atoms with Crippen LogP contribution in [-0.4, -0.2) is 23.2 Å². The van der Waals surface area contributed by atoms with Gasteiger partial charge >= 0.3 is 0 Å². The normalized spacial score (nSPS) is 11.7. The number of hydrogen-bond donors (Lipinski definition) is 2. The molecule has 0 aromatic heterocycles. The van der Waals surface area contributed by atoms with Crippen LogP contribution in [0.4, 0.5) is 0 Å². The van der Waals surface area contributed by atoms with Crippen molar-refractivity contribution in [3.8, 4) is 0 Å². The standard InChI is InChI=1S/C16H26N2OS/c1-12(2)17-10-13-6-8-14(9-7-13)20-11-15(19)18-16(3,4)5/h6-9,12,17H,10-11H2,1-5H3,(H,18,19). The van der Waals surface area contributed by atoms with E-state index in [1.165, 1.54) is 5.56 Å². The maximum Gasteiger partial charge on any atom is 0.230 e. The van der Waals surface area contributed by atoms with E-state index in [0.717, 1.165) is 11.4 Å². The summed E-state index contributed by atoms with van der Waals surface area (Å²) in [5, 5.41) is 6.35. The third-order valence-corrected chi connectivity index (χ3v) is 3.53. The molecule has 0 fully saturated rings. The molecular formula is C16H26N2OS. The Balaban J connectivity index is 2.40. The molecule has 112 valence electrons. The third-order valence-electron chi connectivity index (χ3n) is 2.52. The molecule has 1 rings (SSSR count). The molecule has 0 saturated carbocycles. The van der Waals surface area contributed by atoms with Crippen LogP contribution in [0.3, 0.4) is 0 Å². The fourth-order valence-corrected chi connectivity index (χ4v) is 2.33. The van der Waals surface area contributed by atoms with Gasteiger partial charge in [0.25, 0.3) is 0 Å². The molecule has 1 amide bonds. The Hall–Kier alpha value is -1.00. The Labute approximate surface area is 126 Å². The molecule has 0 bridgehead atoms. The van der Waals surface area contributed by atoms with Crippen molar-refractivity contribution in [1.82, 2.24) is 10.6 Å². The highest BCUT2D eigenvalue weighted by Gasteiger charge is 2.13. The molecule has 1 aromatic carbocycles. The molecule has 2 N–H and O–H groups in total. The second-order valence-corrected chi connectivity index (χ2v) is 7.32. The van der Waals surface area contributed by atoms with E-state index in [2.05, 4.69) is 48.7 Å². The molecule has 4 heteroatoms. The van der Waals surface area contributed by atoms with Gasteiger partial charge in [-0.05, 0) is 38.5 Å². The zero-order chi connectivity index (χ0) is 15.2. The maximum absolute atomic E-state index is 11.7. The Morgan fingerprint density at radius 2 is 1.80 bits per heavy atom. The molecular weight excluding hydrogens is 268 g/mol. The monoisotopic (exact) mass is 294 g/mol. The quantitative estimate of drug-likeness (QED) is 0.792. The predicted molar refractivity (Wildman–Crippen MR) is 87.0 cm³/mol. The Morgan fingerprint density at radius 3 is 2.30 bits per heavy atom. The summed E-state index contributed by atoms with van der Waals surface area (Å²) in [6, 6.07) is 8.86. The van der Waals surface area contributed by atoms with Crippen LogP contribution in [0.15, 0.2) is 29.2 Å². The minimum Gasteiger partial charge on any atom is -0.351 e. The molecule has 3 nitrogen and oxygen atoms in total. The van der Waals surface area contributed by atoms with E-state index in [0.29, 0.717) is 11.8 Å². The lowest BCUT2D eigenvalue weighted by Gasteiger charge is -2.20. The van der Waals surface area contributed by atoms with Gasteiger partial charge in [0.1, 0.15) is 0 Å². The summed E-state index contributed by atoms with van der Waals surface area (Å²) in [5.74, 6) is 0.536. The number of amides is 1. The first-order valence-corrected chi connectivity index (χ1v) is 8.01. The highest BCUT2D eigenvalue weighted by molar-refractivity contribution is 8.00. The van der Waals surface area contributed by atoms with Crippen molar-refractivity contribution in [3.05, 3.63) is 29.8 Å². The van der Waals surface area contributed by atoms with Gasteiger partial charge in [-0.15, -0.1) is 11.8 Å². The van der Waals surface area contributed by atoms with Gasteiger partial charge in [0.05, 0.1) is 5.75 Å². The second kappa shape index (κ2) is 7.70. The summed E-state index contributed by atoms with van der Waals surface area (Å²) < 4.78 is 0. The van der Waals surface area contributed by atoms with Crippen LogP contribution in [-0.2, 0) is 11.3 Å². The van der Waals surface area contributed by atoms with Crippen molar-refractivity contribution in [1.29, 1.82) is 0 Å². The molecule has 0 atom stereocenters. The van der Waals surface area contributed by atoms with E-state index < -0.39 is 0 Å². The number of thioether (sulfide) groups is 1. The fourth-order valence-electron chi connectivity index (χ4n) is 1.63. The minimum atomic E-state index is -0.163. The van der Waals surface area contributed by atoms with Crippen molar-refractivity contribution in [2.24, 2.45) is 0 Å². The van der Waals surface area contributed by atoms with Gasteiger partial charge in [-0.3, -0.25) is 4.79 Å². The first-order chi connectivity index (χ1) is 9.26. The highest BCUT2D eigenvalue weighted by atomic mass is 32.2. The summed E-state index contributed by atoms with van der Waals surface area (Å²) in [6.07, 6.45) is 0. The number of benzene rings is 1. The first-order valence-electron chi connectivity index (χ1n) is 7.02. The zero-order valence-electron chi connectivity index (χ0n) is 13.1. The molecule has 1 aromatic rings. The van der Waals surface area contributed by atoms with Gasteiger partial charge in [-0.2, -0.15) is 0 Å². The van der Waals surface area contributed by atoms with Gasteiger partial charge in [-0.1, -0.05) is 26.0 Å². The number of nitrogens with one attached hydrogen (secondary N) is 2. The minimum absolute atomic E-state index is 0.0769. The van der Waals surface area contributed by atoms with Gasteiger partial charge in [0.15, 0.2) is 0 Å². The molecule has 0 saturated heterocycles. The van der Waals surface area contributed by atoms with E-state index in [9.17, 15) is 4.79 Å². The summed E-state index contributed by atoms with van der Waals surface area (Å²) in [7, 11) is 0. The molecule has 0 radical (unpaired) electrons. The Morgan fingerprint density at radius 1 is 1.20 bits per heavy atom. The van der Waals surface area contributed by atoms with E-state index in [-0.39, 0.29) is 11.4 Å². The topological polar surface area (TPSA) is 41.1 Å². The van der Waals surface area contributed by atoms with Crippen LogP contribution in [0.2, 0.25) is 0 Å². The van der Waals surface area contributed by atoms with Gasteiger partial charge < -0.3 is 10.6 Å². The summed E-state index contributed by atoms with van der Waals surface area (Å²) >= 11 is 1.57. The molecule has 0 heterocycles. The van der Waals surface area contributed by atoms with E-state index in [1.807, 2.05) is 20.8 Å². The van der Waals surface area contributed by atoms with Gasteiger partial charge in [-0.25, -0.2) is 0 Å². The summed E-state index contributed by atoms with van der Waals surface area (Å²) in [4.78, 5) is 12.9. The SMILES string of the molecule is CC(C)NCc1ccc(SCC(=O)NC(C)(C)C)cc1. The van der Waals surface area contributed by atoms with Gasteiger partial charge in [0.2, 0.25) is 5.91 Å². The number of hydrogen-bond acceptors (Lipinski definition) is 3. The number of carbonyl (C=O) groups is 1. The Bertz CT molecular complexity index is 421. The Kier molecular flexibility index (Phi) is 6.56. The predicted octanol–water partition coefficient (Wildman–Crippen LogP) is 3.19. The van der Waals surface area contributed by atoms with Crippen molar-refractivity contribution < 1.29 is 4.79 Å². The lowest BCUT2D eigenvalue weighted by Crippen LogP contribution is -2.41.